The van der Waals surface area contributed by atoms with Gasteiger partial charge in [-0.1, -0.05) is 30.9 Å². The summed E-state index contributed by atoms with van der Waals surface area (Å²) < 4.78 is 5.46. The van der Waals surface area contributed by atoms with Crippen LogP contribution in [0.5, 0.6) is 5.75 Å². The first-order valence-electron chi connectivity index (χ1n) is 6.39. The first-order chi connectivity index (χ1) is 9.29. The minimum Gasteiger partial charge on any atom is -0.490 e. The van der Waals surface area contributed by atoms with E-state index < -0.39 is 0 Å². The Hall–Kier alpha value is -1.58. The van der Waals surface area contributed by atoms with Crippen molar-refractivity contribution in [3.05, 3.63) is 64.9 Å². The molecule has 0 unspecified atom stereocenters. The van der Waals surface area contributed by atoms with E-state index in [4.69, 9.17) is 4.74 Å². The maximum atomic E-state index is 5.46. The minimum atomic E-state index is 0.386. The summed E-state index contributed by atoms with van der Waals surface area (Å²) >= 11 is 1.79. The maximum Gasteiger partial charge on any atom is 0.119 e. The van der Waals surface area contributed by atoms with Crippen LogP contribution in [0.15, 0.2) is 54.4 Å². The highest BCUT2D eigenvalue weighted by Crippen LogP contribution is 2.19. The zero-order chi connectivity index (χ0) is 13.5. The van der Waals surface area contributed by atoms with Gasteiger partial charge < -0.3 is 10.1 Å². The average Bonchev–Trinajstić information content (AvgIpc) is 2.98. The van der Waals surface area contributed by atoms with E-state index in [1.807, 2.05) is 12.1 Å². The van der Waals surface area contributed by atoms with Crippen molar-refractivity contribution in [2.75, 3.05) is 6.61 Å². The van der Waals surface area contributed by atoms with Gasteiger partial charge in [-0.2, -0.15) is 0 Å². The third-order valence-corrected chi connectivity index (χ3v) is 3.93. The normalized spacial score (nSPS) is 12.1. The highest BCUT2D eigenvalue weighted by Gasteiger charge is 2.05. The molecule has 1 atom stereocenters. The predicted octanol–water partition coefficient (Wildman–Crippen LogP) is 4.16. The Bertz CT molecular complexity index is 490. The molecule has 0 amide bonds. The molecule has 3 heteroatoms. The van der Waals surface area contributed by atoms with Crippen molar-refractivity contribution in [1.82, 2.24) is 5.32 Å². The number of hydrogen-bond donors (Lipinski definition) is 1. The molecule has 1 N–H and O–H groups in total. The third kappa shape index (κ3) is 4.23. The molecule has 1 heterocycles. The van der Waals surface area contributed by atoms with Crippen LogP contribution in [0.1, 0.15) is 23.4 Å². The van der Waals surface area contributed by atoms with Crippen LogP contribution >= 0.6 is 11.3 Å². The van der Waals surface area contributed by atoms with Crippen LogP contribution in [0.4, 0.5) is 0 Å². The van der Waals surface area contributed by atoms with Crippen LogP contribution in [0.3, 0.4) is 0 Å². The molecule has 2 nitrogen and oxygen atoms in total. The van der Waals surface area contributed by atoms with Crippen molar-refractivity contribution in [2.45, 2.75) is 19.5 Å². The molecule has 0 radical (unpaired) electrons. The quantitative estimate of drug-likeness (QED) is 0.765. The molecule has 0 saturated carbocycles. The summed E-state index contributed by atoms with van der Waals surface area (Å²) in [6.07, 6.45) is 1.75. The predicted molar refractivity (Wildman–Crippen MR) is 81.7 cm³/mol. The summed E-state index contributed by atoms with van der Waals surface area (Å²) in [5, 5.41) is 5.63. The first kappa shape index (κ1) is 13.8. The molecule has 19 heavy (non-hydrogen) atoms. The maximum absolute atomic E-state index is 5.46. The molecule has 2 rings (SSSR count). The molecular weight excluding hydrogens is 254 g/mol. The van der Waals surface area contributed by atoms with E-state index in [0.29, 0.717) is 12.6 Å². The summed E-state index contributed by atoms with van der Waals surface area (Å²) in [4.78, 5) is 1.37. The summed E-state index contributed by atoms with van der Waals surface area (Å²) in [7, 11) is 0. The van der Waals surface area contributed by atoms with Gasteiger partial charge in [-0.05, 0) is 36.1 Å². The van der Waals surface area contributed by atoms with E-state index in [2.05, 4.69) is 48.5 Å². The Morgan fingerprint density at radius 3 is 2.74 bits per heavy atom. The average molecular weight is 273 g/mol. The van der Waals surface area contributed by atoms with E-state index in [1.165, 1.54) is 10.4 Å². The Balaban J connectivity index is 1.84. The van der Waals surface area contributed by atoms with Crippen molar-refractivity contribution in [1.29, 1.82) is 0 Å². The highest BCUT2D eigenvalue weighted by atomic mass is 32.1. The monoisotopic (exact) mass is 273 g/mol. The van der Waals surface area contributed by atoms with Gasteiger partial charge in [-0.3, -0.25) is 0 Å². The van der Waals surface area contributed by atoms with E-state index >= 15 is 0 Å². The SMILES string of the molecule is C=CCOc1ccc(CN[C@@H](C)c2cccs2)cc1. The Morgan fingerprint density at radius 1 is 1.32 bits per heavy atom. The van der Waals surface area contributed by atoms with Gasteiger partial charge >= 0.3 is 0 Å². The van der Waals surface area contributed by atoms with Gasteiger partial charge in [0.1, 0.15) is 12.4 Å². The lowest BCUT2D eigenvalue weighted by atomic mass is 10.2. The Kier molecular flexibility index (Phi) is 5.19. The number of hydrogen-bond acceptors (Lipinski definition) is 3. The molecule has 1 aromatic heterocycles. The van der Waals surface area contributed by atoms with Crippen molar-refractivity contribution in [3.63, 3.8) is 0 Å². The highest BCUT2D eigenvalue weighted by molar-refractivity contribution is 7.10. The molecule has 100 valence electrons. The fourth-order valence-corrected chi connectivity index (χ4v) is 2.53. The summed E-state index contributed by atoms with van der Waals surface area (Å²) in [6, 6.07) is 12.8. The lowest BCUT2D eigenvalue weighted by Crippen LogP contribution is -2.17. The standard InChI is InChI=1S/C16H19NOS/c1-3-10-18-15-8-6-14(7-9-15)12-17-13(2)16-5-4-11-19-16/h3-9,11,13,17H,1,10,12H2,2H3/t13-/m0/s1. The number of rotatable bonds is 7. The van der Waals surface area contributed by atoms with Gasteiger partial charge in [0.15, 0.2) is 0 Å². The smallest absolute Gasteiger partial charge is 0.119 e. The number of nitrogens with one attached hydrogen (secondary N) is 1. The van der Waals surface area contributed by atoms with Crippen molar-refractivity contribution in [3.8, 4) is 5.75 Å². The van der Waals surface area contributed by atoms with E-state index in [0.717, 1.165) is 12.3 Å². The van der Waals surface area contributed by atoms with Gasteiger partial charge in [0.2, 0.25) is 0 Å². The lowest BCUT2D eigenvalue weighted by Gasteiger charge is -2.12. The second-order valence-corrected chi connectivity index (χ2v) is 5.34. The number of thiophene rings is 1. The third-order valence-electron chi connectivity index (χ3n) is 2.87. The molecule has 0 fully saturated rings. The molecule has 0 aliphatic rings. The van der Waals surface area contributed by atoms with Crippen LogP contribution in [0, 0.1) is 0 Å². The molecule has 1 aromatic carbocycles. The fraction of sp³-hybridized carbons (Fsp3) is 0.250. The first-order valence-corrected chi connectivity index (χ1v) is 7.27. The van der Waals surface area contributed by atoms with Gasteiger partial charge in [0.25, 0.3) is 0 Å². The van der Waals surface area contributed by atoms with E-state index in [-0.39, 0.29) is 0 Å². The zero-order valence-corrected chi connectivity index (χ0v) is 12.0. The van der Waals surface area contributed by atoms with Gasteiger partial charge in [0.05, 0.1) is 0 Å². The van der Waals surface area contributed by atoms with Crippen molar-refractivity contribution >= 4 is 11.3 Å². The number of ether oxygens (including phenoxy) is 1. The Labute approximate surface area is 118 Å². The lowest BCUT2D eigenvalue weighted by molar-refractivity contribution is 0.363. The topological polar surface area (TPSA) is 21.3 Å². The zero-order valence-electron chi connectivity index (χ0n) is 11.1. The van der Waals surface area contributed by atoms with E-state index in [1.54, 1.807) is 17.4 Å². The largest absolute Gasteiger partial charge is 0.490 e. The van der Waals surface area contributed by atoms with Crippen LogP contribution < -0.4 is 10.1 Å². The molecule has 2 aromatic rings. The van der Waals surface area contributed by atoms with Gasteiger partial charge in [0, 0.05) is 17.5 Å². The van der Waals surface area contributed by atoms with E-state index in [9.17, 15) is 0 Å². The van der Waals surface area contributed by atoms with Gasteiger partial charge in [-0.15, -0.1) is 11.3 Å². The summed E-state index contributed by atoms with van der Waals surface area (Å²) in [5.41, 5.74) is 1.26. The summed E-state index contributed by atoms with van der Waals surface area (Å²) in [6.45, 7) is 7.23. The molecule has 0 bridgehead atoms. The van der Waals surface area contributed by atoms with Crippen LogP contribution in [-0.4, -0.2) is 6.61 Å². The van der Waals surface area contributed by atoms with Gasteiger partial charge in [-0.25, -0.2) is 0 Å². The number of benzene rings is 1. The fourth-order valence-electron chi connectivity index (χ4n) is 1.77. The van der Waals surface area contributed by atoms with Crippen LogP contribution in [-0.2, 0) is 6.54 Å². The molecule has 0 spiro atoms. The molecule has 0 aliphatic carbocycles. The molecule has 0 saturated heterocycles. The van der Waals surface area contributed by atoms with Crippen LogP contribution in [0.2, 0.25) is 0 Å². The van der Waals surface area contributed by atoms with Crippen molar-refractivity contribution < 1.29 is 4.74 Å². The van der Waals surface area contributed by atoms with Crippen molar-refractivity contribution in [2.24, 2.45) is 0 Å². The Morgan fingerprint density at radius 2 is 2.11 bits per heavy atom. The second kappa shape index (κ2) is 7.12. The molecule has 0 aliphatic heterocycles. The second-order valence-electron chi connectivity index (χ2n) is 4.36. The van der Waals surface area contributed by atoms with Crippen LogP contribution in [0.25, 0.3) is 0 Å². The molecular formula is C16H19NOS. The minimum absolute atomic E-state index is 0.386. The summed E-state index contributed by atoms with van der Waals surface area (Å²) in [5.74, 6) is 0.884.